The topological polar surface area (TPSA) is 66.5 Å². The molecular formula is C22H18ClF3N2O3S. The molecule has 0 saturated carbocycles. The highest BCUT2D eigenvalue weighted by Gasteiger charge is 2.33. The number of sulfonamides is 1. The van der Waals surface area contributed by atoms with Crippen LogP contribution in [-0.4, -0.2) is 20.9 Å². The van der Waals surface area contributed by atoms with E-state index in [1.54, 1.807) is 30.3 Å². The van der Waals surface area contributed by atoms with Crippen molar-refractivity contribution in [2.75, 3.05) is 10.8 Å². The molecule has 0 aliphatic rings. The zero-order valence-corrected chi connectivity index (χ0v) is 18.1. The minimum atomic E-state index is -4.68. The number of anilines is 1. The Kier molecular flexibility index (Phi) is 7.10. The molecular weight excluding hydrogens is 465 g/mol. The molecule has 168 valence electrons. The number of rotatable bonds is 7. The van der Waals surface area contributed by atoms with E-state index in [4.69, 9.17) is 11.6 Å². The lowest BCUT2D eigenvalue weighted by Crippen LogP contribution is -2.40. The Morgan fingerprint density at radius 3 is 2.25 bits per heavy atom. The van der Waals surface area contributed by atoms with Crippen LogP contribution in [0.15, 0.2) is 83.8 Å². The van der Waals surface area contributed by atoms with Gasteiger partial charge in [0.2, 0.25) is 5.91 Å². The summed E-state index contributed by atoms with van der Waals surface area (Å²) in [6.45, 7) is -0.691. The molecule has 0 spiro atoms. The molecule has 0 atom stereocenters. The molecule has 0 bridgehead atoms. The fourth-order valence-electron chi connectivity index (χ4n) is 2.89. The van der Waals surface area contributed by atoms with Crippen LogP contribution in [0.5, 0.6) is 0 Å². The van der Waals surface area contributed by atoms with Gasteiger partial charge < -0.3 is 5.32 Å². The molecule has 1 amide bonds. The fourth-order valence-corrected chi connectivity index (χ4v) is 4.53. The summed E-state index contributed by atoms with van der Waals surface area (Å²) >= 11 is 6.06. The SMILES string of the molecule is O=C(CN(c1cccc(C(F)(F)F)c1)S(=O)(=O)c1ccccc1)NCc1ccccc1Cl. The smallest absolute Gasteiger partial charge is 0.350 e. The van der Waals surface area contributed by atoms with Gasteiger partial charge in [-0.3, -0.25) is 9.10 Å². The minimum absolute atomic E-state index is 0.0281. The van der Waals surface area contributed by atoms with Crippen LogP contribution in [-0.2, 0) is 27.5 Å². The molecule has 0 saturated heterocycles. The Morgan fingerprint density at radius 2 is 1.59 bits per heavy atom. The second-order valence-corrected chi connectivity index (χ2v) is 9.01. The van der Waals surface area contributed by atoms with E-state index in [0.29, 0.717) is 21.0 Å². The summed E-state index contributed by atoms with van der Waals surface area (Å²) < 4.78 is 66.7. The molecule has 0 unspecified atom stereocenters. The van der Waals surface area contributed by atoms with Gasteiger partial charge >= 0.3 is 6.18 Å². The maximum atomic E-state index is 13.2. The highest BCUT2D eigenvalue weighted by atomic mass is 35.5. The van der Waals surface area contributed by atoms with Crippen LogP contribution in [0.2, 0.25) is 5.02 Å². The van der Waals surface area contributed by atoms with Crippen molar-refractivity contribution in [3.8, 4) is 0 Å². The van der Waals surface area contributed by atoms with E-state index in [-0.39, 0.29) is 17.1 Å². The molecule has 3 rings (SSSR count). The van der Waals surface area contributed by atoms with Gasteiger partial charge in [0, 0.05) is 11.6 Å². The molecule has 32 heavy (non-hydrogen) atoms. The zero-order chi connectivity index (χ0) is 23.4. The maximum Gasteiger partial charge on any atom is 0.416 e. The standard InChI is InChI=1S/C22H18ClF3N2O3S/c23-20-12-5-4-7-16(20)14-27-21(29)15-28(32(30,31)19-10-2-1-3-11-19)18-9-6-8-17(13-18)22(24,25)26/h1-13H,14-15H2,(H,27,29). The molecule has 0 aliphatic heterocycles. The predicted molar refractivity (Wildman–Crippen MR) is 116 cm³/mol. The van der Waals surface area contributed by atoms with Crippen molar-refractivity contribution >= 4 is 33.2 Å². The number of hydrogen-bond donors (Lipinski definition) is 1. The molecule has 0 aromatic heterocycles. The maximum absolute atomic E-state index is 13.2. The summed E-state index contributed by atoms with van der Waals surface area (Å²) in [5, 5.41) is 2.97. The highest BCUT2D eigenvalue weighted by Crippen LogP contribution is 2.33. The number of carbonyl (C=O) groups excluding carboxylic acids is 1. The number of nitrogens with zero attached hydrogens (tertiary/aromatic N) is 1. The van der Waals surface area contributed by atoms with E-state index < -0.39 is 34.2 Å². The van der Waals surface area contributed by atoms with Crippen LogP contribution in [0.1, 0.15) is 11.1 Å². The minimum Gasteiger partial charge on any atom is -0.350 e. The van der Waals surface area contributed by atoms with Crippen molar-refractivity contribution in [2.24, 2.45) is 0 Å². The van der Waals surface area contributed by atoms with Crippen LogP contribution in [0, 0.1) is 0 Å². The first kappa shape index (κ1) is 23.6. The Balaban J connectivity index is 1.93. The molecule has 5 nitrogen and oxygen atoms in total. The van der Waals surface area contributed by atoms with Gasteiger partial charge in [0.1, 0.15) is 6.54 Å². The lowest BCUT2D eigenvalue weighted by Gasteiger charge is -2.25. The van der Waals surface area contributed by atoms with Crippen molar-refractivity contribution in [3.63, 3.8) is 0 Å². The molecule has 0 fully saturated rings. The van der Waals surface area contributed by atoms with E-state index in [1.165, 1.54) is 30.3 Å². The number of hydrogen-bond acceptors (Lipinski definition) is 3. The van der Waals surface area contributed by atoms with Crippen LogP contribution >= 0.6 is 11.6 Å². The Morgan fingerprint density at radius 1 is 0.938 bits per heavy atom. The quantitative estimate of drug-likeness (QED) is 0.522. The first-order chi connectivity index (χ1) is 15.1. The average molecular weight is 483 g/mol. The first-order valence-electron chi connectivity index (χ1n) is 9.34. The summed E-state index contributed by atoms with van der Waals surface area (Å²) in [5.41, 5.74) is -0.699. The lowest BCUT2D eigenvalue weighted by atomic mass is 10.2. The number of nitrogens with one attached hydrogen (secondary N) is 1. The second-order valence-electron chi connectivity index (χ2n) is 6.74. The molecule has 3 aromatic rings. The van der Waals surface area contributed by atoms with Gasteiger partial charge in [-0.25, -0.2) is 8.42 Å². The van der Waals surface area contributed by atoms with Gasteiger partial charge in [0.25, 0.3) is 10.0 Å². The average Bonchev–Trinajstić information content (AvgIpc) is 2.77. The van der Waals surface area contributed by atoms with E-state index in [2.05, 4.69) is 5.32 Å². The molecule has 1 N–H and O–H groups in total. The van der Waals surface area contributed by atoms with E-state index in [1.807, 2.05) is 0 Å². The third-order valence-electron chi connectivity index (χ3n) is 4.51. The van der Waals surface area contributed by atoms with Crippen molar-refractivity contribution in [3.05, 3.63) is 95.0 Å². The normalized spacial score (nSPS) is 11.8. The molecule has 3 aromatic carbocycles. The van der Waals surface area contributed by atoms with E-state index in [0.717, 1.165) is 12.1 Å². The zero-order valence-electron chi connectivity index (χ0n) is 16.5. The first-order valence-corrected chi connectivity index (χ1v) is 11.2. The van der Waals surface area contributed by atoms with Gasteiger partial charge in [-0.05, 0) is 42.0 Å². The van der Waals surface area contributed by atoms with E-state index in [9.17, 15) is 26.4 Å². The Bertz CT molecular complexity index is 1200. The number of alkyl halides is 3. The highest BCUT2D eigenvalue weighted by molar-refractivity contribution is 7.92. The number of benzene rings is 3. The molecule has 0 aliphatic carbocycles. The van der Waals surface area contributed by atoms with Gasteiger partial charge in [0.05, 0.1) is 16.1 Å². The van der Waals surface area contributed by atoms with Crippen molar-refractivity contribution in [1.82, 2.24) is 5.32 Å². The second kappa shape index (κ2) is 9.62. The van der Waals surface area contributed by atoms with Crippen molar-refractivity contribution < 1.29 is 26.4 Å². The summed E-state index contributed by atoms with van der Waals surface area (Å²) in [6, 6.07) is 17.8. The number of amides is 1. The van der Waals surface area contributed by atoms with Crippen LogP contribution in [0.4, 0.5) is 18.9 Å². The number of halogens is 4. The third-order valence-corrected chi connectivity index (χ3v) is 6.67. The predicted octanol–water partition coefficient (Wildman–Crippen LogP) is 4.87. The summed E-state index contributed by atoms with van der Waals surface area (Å²) in [7, 11) is -4.32. The van der Waals surface area contributed by atoms with Gasteiger partial charge in [0.15, 0.2) is 0 Å². The van der Waals surface area contributed by atoms with E-state index >= 15 is 0 Å². The Labute approximate surface area is 188 Å². The monoisotopic (exact) mass is 482 g/mol. The van der Waals surface area contributed by atoms with Crippen molar-refractivity contribution in [1.29, 1.82) is 0 Å². The molecule has 0 heterocycles. The van der Waals surface area contributed by atoms with Crippen LogP contribution in [0.3, 0.4) is 0 Å². The van der Waals surface area contributed by atoms with Gasteiger partial charge in [-0.1, -0.05) is 54.1 Å². The molecule has 0 radical (unpaired) electrons. The van der Waals surface area contributed by atoms with Gasteiger partial charge in [-0.2, -0.15) is 13.2 Å². The fraction of sp³-hybridized carbons (Fsp3) is 0.136. The van der Waals surface area contributed by atoms with Gasteiger partial charge in [-0.15, -0.1) is 0 Å². The van der Waals surface area contributed by atoms with Crippen LogP contribution in [0.25, 0.3) is 0 Å². The lowest BCUT2D eigenvalue weighted by molar-refractivity contribution is -0.137. The van der Waals surface area contributed by atoms with Crippen molar-refractivity contribution in [2.45, 2.75) is 17.6 Å². The largest absolute Gasteiger partial charge is 0.416 e. The molecule has 10 heteroatoms. The third kappa shape index (κ3) is 5.60. The number of carbonyl (C=O) groups is 1. The summed E-state index contributed by atoms with van der Waals surface area (Å²) in [4.78, 5) is 12.4. The summed E-state index contributed by atoms with van der Waals surface area (Å²) in [6.07, 6.45) is -4.68. The van der Waals surface area contributed by atoms with Crippen LogP contribution < -0.4 is 9.62 Å². The Hall–Kier alpha value is -3.04. The summed E-state index contributed by atoms with van der Waals surface area (Å²) in [5.74, 6) is -0.707.